The van der Waals surface area contributed by atoms with Crippen molar-refractivity contribution in [2.24, 2.45) is 11.8 Å². The second-order valence-corrected chi connectivity index (χ2v) is 5.50. The van der Waals surface area contributed by atoms with Crippen molar-refractivity contribution in [1.29, 1.82) is 0 Å². The average Bonchev–Trinajstić information content (AvgIpc) is 2.68. The van der Waals surface area contributed by atoms with Gasteiger partial charge in [0.05, 0.1) is 12.2 Å². The van der Waals surface area contributed by atoms with E-state index in [-0.39, 0.29) is 18.6 Å². The predicted octanol–water partition coefficient (Wildman–Crippen LogP) is 2.23. The molecule has 0 unspecified atom stereocenters. The van der Waals surface area contributed by atoms with Crippen LogP contribution in [0.1, 0.15) is 53.2 Å². The first-order chi connectivity index (χ1) is 9.86. The zero-order chi connectivity index (χ0) is 16.0. The second kappa shape index (κ2) is 8.27. The molecule has 5 atom stereocenters. The molecule has 0 bridgehead atoms. The molecule has 0 radical (unpaired) electrons. The summed E-state index contributed by atoms with van der Waals surface area (Å²) in [6.45, 7) is 2.06. The van der Waals surface area contributed by atoms with Crippen LogP contribution in [0.4, 0.5) is 0 Å². The Bertz CT molecular complexity index is 371. The highest BCUT2D eigenvalue weighted by Crippen LogP contribution is 2.35. The van der Waals surface area contributed by atoms with Crippen molar-refractivity contribution >= 4 is 5.97 Å². The van der Waals surface area contributed by atoms with E-state index in [1.807, 2.05) is 0 Å². The van der Waals surface area contributed by atoms with Crippen LogP contribution in [0.15, 0.2) is 11.8 Å². The number of hydrogen-bond acceptors (Lipinski definition) is 4. The van der Waals surface area contributed by atoms with Crippen molar-refractivity contribution in [3.05, 3.63) is 11.8 Å². The third-order valence-corrected chi connectivity index (χ3v) is 3.83. The van der Waals surface area contributed by atoms with E-state index in [4.69, 9.17) is 1.37 Å². The van der Waals surface area contributed by atoms with E-state index >= 15 is 0 Å². The molecular weight excluding hydrogens is 260 g/mol. The number of rotatable bonds is 8. The molecule has 1 saturated carbocycles. The summed E-state index contributed by atoms with van der Waals surface area (Å²) in [6, 6.07) is 0. The minimum atomic E-state index is -1.25. The molecule has 5 nitrogen and oxygen atoms in total. The number of aliphatic hydroxyl groups excluding tert-OH is 3. The molecule has 1 aliphatic carbocycles. The van der Waals surface area contributed by atoms with Crippen molar-refractivity contribution in [3.8, 4) is 0 Å². The number of allylic oxidation sites excluding steroid dienone is 1. The summed E-state index contributed by atoms with van der Waals surface area (Å²) in [7, 11) is 0. The third-order valence-electron chi connectivity index (χ3n) is 3.83. The number of unbranched alkanes of at least 4 members (excludes halogenated alkanes) is 2. The van der Waals surface area contributed by atoms with E-state index < -0.39 is 36.4 Å². The van der Waals surface area contributed by atoms with Crippen LogP contribution in [0.3, 0.4) is 0 Å². The van der Waals surface area contributed by atoms with Crippen molar-refractivity contribution in [3.63, 3.8) is 0 Å². The van der Waals surface area contributed by atoms with E-state index in [9.17, 15) is 25.2 Å². The van der Waals surface area contributed by atoms with Gasteiger partial charge in [-0.25, -0.2) is 0 Å². The molecule has 0 aromatic heterocycles. The summed E-state index contributed by atoms with van der Waals surface area (Å²) < 4.78 is 7.83. The molecule has 0 aromatic rings. The first kappa shape index (κ1) is 15.3. The smallest absolute Gasteiger partial charge is 0.314 e. The van der Waals surface area contributed by atoms with Crippen LogP contribution >= 0.6 is 0 Å². The molecule has 1 aliphatic rings. The Morgan fingerprint density at radius 1 is 1.30 bits per heavy atom. The van der Waals surface area contributed by atoms with Gasteiger partial charge in [-0.15, -0.1) is 0 Å². The van der Waals surface area contributed by atoms with Gasteiger partial charge in [-0.05, 0) is 31.7 Å². The molecule has 116 valence electrons. The average molecular weight is 287 g/mol. The Labute approximate surface area is 121 Å². The molecule has 0 spiro atoms. The quantitative estimate of drug-likeness (QED) is 0.405. The zero-order valence-corrected chi connectivity index (χ0v) is 11.9. The van der Waals surface area contributed by atoms with Crippen LogP contribution in [-0.2, 0) is 4.79 Å². The minimum Gasteiger partial charge on any atom is -0.512 e. The van der Waals surface area contributed by atoms with Crippen molar-refractivity contribution < 1.29 is 26.6 Å². The molecule has 0 amide bonds. The number of aliphatic carboxylic acids is 1. The maximum atomic E-state index is 11.4. The fourth-order valence-electron chi connectivity index (χ4n) is 2.73. The first-order valence-electron chi connectivity index (χ1n) is 7.86. The summed E-state index contributed by atoms with van der Waals surface area (Å²) in [5.41, 5.74) is 0. The van der Waals surface area contributed by atoms with Crippen molar-refractivity contribution in [1.82, 2.24) is 0 Å². The van der Waals surface area contributed by atoms with Gasteiger partial charge in [0.2, 0.25) is 0 Å². The zero-order valence-electron chi connectivity index (χ0n) is 12.9. The highest BCUT2D eigenvalue weighted by atomic mass is 16.4. The predicted molar refractivity (Wildman–Crippen MR) is 75.3 cm³/mol. The molecule has 0 saturated heterocycles. The Kier molecular flexibility index (Phi) is 6.33. The largest absolute Gasteiger partial charge is 0.512 e. The summed E-state index contributed by atoms with van der Waals surface area (Å²) in [4.78, 5) is 11.4. The van der Waals surface area contributed by atoms with Gasteiger partial charge < -0.3 is 20.4 Å². The Hall–Kier alpha value is -1.07. The maximum absolute atomic E-state index is 11.4. The molecule has 1 fully saturated rings. The van der Waals surface area contributed by atoms with E-state index in [1.165, 1.54) is 6.08 Å². The van der Waals surface area contributed by atoms with Gasteiger partial charge in [0.1, 0.15) is 11.7 Å². The van der Waals surface area contributed by atoms with Gasteiger partial charge in [-0.3, -0.25) is 4.79 Å². The highest BCUT2D eigenvalue weighted by molar-refractivity contribution is 5.73. The molecule has 0 aromatic carbocycles. The van der Waals surface area contributed by atoms with Gasteiger partial charge in [-0.2, -0.15) is 0 Å². The monoisotopic (exact) mass is 287 g/mol. The lowest BCUT2D eigenvalue weighted by Crippen LogP contribution is -2.30. The van der Waals surface area contributed by atoms with Gasteiger partial charge in [0.25, 0.3) is 0 Å². The Balaban J connectivity index is 2.73. The van der Waals surface area contributed by atoms with Crippen LogP contribution in [0.5, 0.6) is 0 Å². The van der Waals surface area contributed by atoms with Crippen LogP contribution < -0.4 is 0 Å². The van der Waals surface area contributed by atoms with Crippen LogP contribution in [0.2, 0.25) is 0 Å². The third kappa shape index (κ3) is 4.80. The van der Waals surface area contributed by atoms with Crippen LogP contribution in [-0.4, -0.2) is 38.6 Å². The topological polar surface area (TPSA) is 98.0 Å². The maximum Gasteiger partial charge on any atom is 0.314 e. The number of carboxylic acids is 1. The van der Waals surface area contributed by atoms with Gasteiger partial charge >= 0.3 is 5.97 Å². The molecule has 20 heavy (non-hydrogen) atoms. The highest BCUT2D eigenvalue weighted by Gasteiger charge is 2.42. The van der Waals surface area contributed by atoms with E-state index in [2.05, 4.69) is 6.92 Å². The fraction of sp³-hybridized carbons (Fsp3) is 0.800. The van der Waals surface area contributed by atoms with Gasteiger partial charge in [-0.1, -0.05) is 26.2 Å². The molecule has 0 heterocycles. The first-order valence-corrected chi connectivity index (χ1v) is 7.28. The molecule has 0 aliphatic heterocycles. The SMILES string of the molecule is [2H][C@@H](C=C(O)[C@H](C(=O)O)[C@@H]1C[C@@H](O)C[C@H]1O)CCCCC. The number of aliphatic hydroxyl groups is 3. The van der Waals surface area contributed by atoms with E-state index in [0.29, 0.717) is 6.42 Å². The summed E-state index contributed by atoms with van der Waals surface area (Å²) in [5.74, 6) is -3.58. The molecule has 4 N–H and O–H groups in total. The van der Waals surface area contributed by atoms with E-state index in [1.54, 1.807) is 0 Å². The van der Waals surface area contributed by atoms with Crippen LogP contribution in [0, 0.1) is 11.8 Å². The van der Waals surface area contributed by atoms with Crippen molar-refractivity contribution in [2.45, 2.75) is 64.1 Å². The van der Waals surface area contributed by atoms with Gasteiger partial charge in [0.15, 0.2) is 0 Å². The van der Waals surface area contributed by atoms with Crippen molar-refractivity contribution in [2.75, 3.05) is 0 Å². The molecular formula is C15H26O5. The molecule has 1 rings (SSSR count). The van der Waals surface area contributed by atoms with E-state index in [0.717, 1.165) is 19.3 Å². The number of carbonyl (C=O) groups is 1. The van der Waals surface area contributed by atoms with Crippen LogP contribution in [0.25, 0.3) is 0 Å². The lowest BCUT2D eigenvalue weighted by Gasteiger charge is -2.21. The standard InChI is InChI=1S/C15H26O5/c1-2-3-4-5-6-7-12(17)14(15(19)20)11-8-10(16)9-13(11)18/h7,10-11,13-14,16-18H,2-6,8-9H2,1H3,(H,19,20)/t10-,11-,13-,14-/m1/s1/i6D/t6-,10-,11-,13-,14-. The summed E-state index contributed by atoms with van der Waals surface area (Å²) in [5, 5.41) is 38.7. The lowest BCUT2D eigenvalue weighted by atomic mass is 9.87. The number of carboxylic acid groups (broad SMARTS) is 1. The van der Waals surface area contributed by atoms with Gasteiger partial charge in [0, 0.05) is 7.29 Å². The fourth-order valence-corrected chi connectivity index (χ4v) is 2.73. The molecule has 5 heteroatoms. The lowest BCUT2D eigenvalue weighted by molar-refractivity contribution is -0.144. The second-order valence-electron chi connectivity index (χ2n) is 5.50. The Morgan fingerprint density at radius 3 is 2.50 bits per heavy atom. The minimum absolute atomic E-state index is 0.128. The number of hydrogen-bond donors (Lipinski definition) is 4. The Morgan fingerprint density at radius 2 is 2.00 bits per heavy atom. The summed E-state index contributed by atoms with van der Waals surface area (Å²) in [6.07, 6.45) is 2.66. The normalized spacial score (nSPS) is 30.9. The summed E-state index contributed by atoms with van der Waals surface area (Å²) >= 11 is 0.